The fraction of sp³-hybridized carbons (Fsp3) is 0.235. The van der Waals surface area contributed by atoms with Crippen LogP contribution in [0, 0.1) is 21.4 Å². The van der Waals surface area contributed by atoms with Crippen LogP contribution in [0.4, 0.5) is 5.69 Å². The monoisotopic (exact) mass is 357 g/mol. The summed E-state index contributed by atoms with van der Waals surface area (Å²) in [4.78, 5) is 35.1. The molecule has 1 heterocycles. The van der Waals surface area contributed by atoms with Crippen LogP contribution in [0.1, 0.15) is 17.0 Å². The topological polar surface area (TPSA) is 127 Å². The highest BCUT2D eigenvalue weighted by Gasteiger charge is 2.17. The summed E-state index contributed by atoms with van der Waals surface area (Å²) in [5.41, 5.74) is 0.501. The molecule has 26 heavy (non-hydrogen) atoms. The molecule has 1 aromatic carbocycles. The number of nitro groups is 1. The maximum atomic E-state index is 11.9. The summed E-state index contributed by atoms with van der Waals surface area (Å²) >= 11 is 0. The van der Waals surface area contributed by atoms with Gasteiger partial charge in [0, 0.05) is 31.3 Å². The number of nitrogens with zero attached hydrogens (tertiary/aromatic N) is 3. The lowest BCUT2D eigenvalue weighted by atomic mass is 10.1. The Balaban J connectivity index is 1.96. The van der Waals surface area contributed by atoms with Gasteiger partial charge in [0.05, 0.1) is 17.4 Å². The summed E-state index contributed by atoms with van der Waals surface area (Å²) in [6, 6.07) is 10.5. The fourth-order valence-corrected chi connectivity index (χ4v) is 2.00. The summed E-state index contributed by atoms with van der Waals surface area (Å²) < 4.78 is 10.3. The van der Waals surface area contributed by atoms with Crippen molar-refractivity contribution < 1.29 is 23.7 Å². The number of nitro benzene ring substituents is 1. The van der Waals surface area contributed by atoms with Gasteiger partial charge in [-0.1, -0.05) is 0 Å². The van der Waals surface area contributed by atoms with Crippen LogP contribution in [0.3, 0.4) is 0 Å². The predicted octanol–water partition coefficient (Wildman–Crippen LogP) is 2.38. The first kappa shape index (κ1) is 18.7. The molecular formula is C17H15N3O6. The molecule has 1 amide bonds. The van der Waals surface area contributed by atoms with Crippen LogP contribution >= 0.6 is 0 Å². The van der Waals surface area contributed by atoms with Gasteiger partial charge >= 0.3 is 5.97 Å². The highest BCUT2D eigenvalue weighted by Crippen LogP contribution is 2.24. The zero-order valence-corrected chi connectivity index (χ0v) is 13.9. The highest BCUT2D eigenvalue weighted by molar-refractivity contribution is 5.89. The number of ether oxygens (including phenoxy) is 1. The number of nitriles is 1. The normalized spacial score (nSPS) is 10.0. The van der Waals surface area contributed by atoms with Gasteiger partial charge in [0.1, 0.15) is 5.76 Å². The molecule has 9 nitrogen and oxygen atoms in total. The van der Waals surface area contributed by atoms with Gasteiger partial charge in [-0.3, -0.25) is 14.9 Å². The lowest BCUT2D eigenvalue weighted by Crippen LogP contribution is -2.31. The van der Waals surface area contributed by atoms with E-state index in [1.165, 1.54) is 48.3 Å². The van der Waals surface area contributed by atoms with E-state index in [4.69, 9.17) is 14.4 Å². The molecule has 134 valence electrons. The number of carbonyl (C=O) groups is 2. The molecule has 9 heteroatoms. The largest absolute Gasteiger partial charge is 0.450 e. The van der Waals surface area contributed by atoms with Crippen LogP contribution in [0.5, 0.6) is 0 Å². The van der Waals surface area contributed by atoms with Gasteiger partial charge in [-0.15, -0.1) is 0 Å². The van der Waals surface area contributed by atoms with E-state index in [9.17, 15) is 19.7 Å². The minimum Gasteiger partial charge on any atom is -0.450 e. The van der Waals surface area contributed by atoms with Gasteiger partial charge < -0.3 is 14.1 Å². The molecule has 0 aliphatic rings. The molecule has 0 atom stereocenters. The molecule has 0 radical (unpaired) electrons. The number of non-ortho nitro benzene ring substituents is 1. The van der Waals surface area contributed by atoms with Crippen molar-refractivity contribution in [2.24, 2.45) is 0 Å². The van der Waals surface area contributed by atoms with Crippen molar-refractivity contribution in [2.75, 3.05) is 20.2 Å². The summed E-state index contributed by atoms with van der Waals surface area (Å²) in [5.74, 6) is -0.994. The number of carbonyl (C=O) groups excluding carboxylic acids is 2. The number of hydrogen-bond acceptors (Lipinski definition) is 7. The molecule has 0 spiro atoms. The van der Waals surface area contributed by atoms with Crippen LogP contribution in [-0.2, 0) is 9.53 Å². The summed E-state index contributed by atoms with van der Waals surface area (Å²) in [5, 5.41) is 19.1. The number of likely N-dealkylation sites (N-methyl/N-ethyl adjacent to an activating group) is 1. The number of furan rings is 1. The Morgan fingerprint density at radius 3 is 2.58 bits per heavy atom. The van der Waals surface area contributed by atoms with E-state index in [1.807, 2.05) is 6.07 Å². The smallest absolute Gasteiger partial charge is 0.374 e. The van der Waals surface area contributed by atoms with Crippen molar-refractivity contribution in [1.29, 1.82) is 5.26 Å². The minimum absolute atomic E-state index is 0.0565. The molecule has 0 saturated heterocycles. The van der Waals surface area contributed by atoms with Crippen molar-refractivity contribution in [3.05, 3.63) is 52.3 Å². The first-order chi connectivity index (χ1) is 12.4. The second-order valence-corrected chi connectivity index (χ2v) is 5.27. The average molecular weight is 357 g/mol. The Morgan fingerprint density at radius 1 is 1.27 bits per heavy atom. The molecule has 0 N–H and O–H groups in total. The lowest BCUT2D eigenvalue weighted by Gasteiger charge is -2.14. The van der Waals surface area contributed by atoms with E-state index in [2.05, 4.69) is 0 Å². The van der Waals surface area contributed by atoms with Gasteiger partial charge in [0.15, 0.2) is 6.61 Å². The maximum Gasteiger partial charge on any atom is 0.374 e. The average Bonchev–Trinajstić information content (AvgIpc) is 3.14. The summed E-state index contributed by atoms with van der Waals surface area (Å²) in [6.07, 6.45) is 0.187. The number of rotatable bonds is 7. The van der Waals surface area contributed by atoms with Gasteiger partial charge in [-0.25, -0.2) is 4.79 Å². The van der Waals surface area contributed by atoms with E-state index in [-0.39, 0.29) is 24.4 Å². The molecular weight excluding hydrogens is 342 g/mol. The first-order valence-electron chi connectivity index (χ1n) is 7.55. The van der Waals surface area contributed by atoms with E-state index >= 15 is 0 Å². The maximum absolute atomic E-state index is 11.9. The molecule has 0 fully saturated rings. The third-order valence-corrected chi connectivity index (χ3v) is 3.48. The van der Waals surface area contributed by atoms with Crippen molar-refractivity contribution in [1.82, 2.24) is 4.90 Å². The van der Waals surface area contributed by atoms with Crippen molar-refractivity contribution in [3.8, 4) is 17.4 Å². The molecule has 0 aliphatic heterocycles. The first-order valence-corrected chi connectivity index (χ1v) is 7.55. The SMILES string of the molecule is CN(CCC#N)C(=O)COC(=O)c1ccc(-c2ccc([N+](=O)[O-])cc2)o1. The zero-order chi connectivity index (χ0) is 19.1. The summed E-state index contributed by atoms with van der Waals surface area (Å²) in [7, 11) is 1.51. The Morgan fingerprint density at radius 2 is 1.96 bits per heavy atom. The van der Waals surface area contributed by atoms with Crippen LogP contribution in [0.2, 0.25) is 0 Å². The van der Waals surface area contributed by atoms with E-state index in [0.29, 0.717) is 11.3 Å². The Kier molecular flexibility index (Phi) is 6.06. The molecule has 0 aliphatic carbocycles. The van der Waals surface area contributed by atoms with Crippen LogP contribution in [0.25, 0.3) is 11.3 Å². The second-order valence-electron chi connectivity index (χ2n) is 5.27. The highest BCUT2D eigenvalue weighted by atomic mass is 16.6. The quantitative estimate of drug-likeness (QED) is 0.423. The number of hydrogen-bond donors (Lipinski definition) is 0. The number of amides is 1. The van der Waals surface area contributed by atoms with Crippen molar-refractivity contribution in [2.45, 2.75) is 6.42 Å². The van der Waals surface area contributed by atoms with Gasteiger partial charge in [-0.05, 0) is 24.3 Å². The van der Waals surface area contributed by atoms with Crippen LogP contribution in [0.15, 0.2) is 40.8 Å². The Labute approximate surface area is 148 Å². The molecule has 0 bridgehead atoms. The number of benzene rings is 1. The second kappa shape index (κ2) is 8.43. The fourth-order valence-electron chi connectivity index (χ4n) is 2.00. The van der Waals surface area contributed by atoms with Crippen molar-refractivity contribution >= 4 is 17.6 Å². The van der Waals surface area contributed by atoms with Gasteiger partial charge in [0.2, 0.25) is 5.76 Å². The third-order valence-electron chi connectivity index (χ3n) is 3.48. The third kappa shape index (κ3) is 4.67. The Bertz CT molecular complexity index is 850. The molecule has 0 unspecified atom stereocenters. The van der Waals surface area contributed by atoms with E-state index in [1.54, 1.807) is 0 Å². The molecule has 2 rings (SSSR count). The molecule has 2 aromatic rings. The minimum atomic E-state index is -0.805. The molecule has 0 saturated carbocycles. The van der Waals surface area contributed by atoms with Crippen molar-refractivity contribution in [3.63, 3.8) is 0 Å². The van der Waals surface area contributed by atoms with E-state index in [0.717, 1.165) is 0 Å². The van der Waals surface area contributed by atoms with Crippen LogP contribution in [-0.4, -0.2) is 41.9 Å². The Hall–Kier alpha value is -3.67. The van der Waals surface area contributed by atoms with Gasteiger partial charge in [0.25, 0.3) is 11.6 Å². The van der Waals surface area contributed by atoms with Gasteiger partial charge in [-0.2, -0.15) is 5.26 Å². The van der Waals surface area contributed by atoms with E-state index < -0.39 is 23.4 Å². The lowest BCUT2D eigenvalue weighted by molar-refractivity contribution is -0.384. The van der Waals surface area contributed by atoms with Crippen LogP contribution < -0.4 is 0 Å². The number of esters is 1. The zero-order valence-electron chi connectivity index (χ0n) is 13.9. The standard InChI is InChI=1S/C17H15N3O6/c1-19(10-2-9-18)16(21)11-25-17(22)15-8-7-14(26-15)12-3-5-13(6-4-12)20(23)24/h3-8H,2,10-11H2,1H3. The molecule has 1 aromatic heterocycles. The summed E-state index contributed by atoms with van der Waals surface area (Å²) in [6.45, 7) is -0.216. The predicted molar refractivity (Wildman–Crippen MR) is 88.9 cm³/mol.